The fourth-order valence-electron chi connectivity index (χ4n) is 2.02. The first-order chi connectivity index (χ1) is 11.0. The van der Waals surface area contributed by atoms with E-state index in [1.807, 2.05) is 0 Å². The standard InChI is InChI=1S/C17H15F2NO3/c1-22-15-5-3-4-11(17(15)23-2)6-7-16(21)20-14-9-12(18)8-13(19)10-14/h3-10H,1-2H3,(H,20,21)/b7-6+. The first kappa shape index (κ1) is 16.5. The molecule has 6 heteroatoms. The highest BCUT2D eigenvalue weighted by Gasteiger charge is 2.08. The predicted octanol–water partition coefficient (Wildman–Crippen LogP) is 3.63. The number of amides is 1. The molecule has 120 valence electrons. The lowest BCUT2D eigenvalue weighted by molar-refractivity contribution is -0.111. The number of carbonyl (C=O) groups excluding carboxylic acids is 1. The zero-order chi connectivity index (χ0) is 16.8. The van der Waals surface area contributed by atoms with Gasteiger partial charge < -0.3 is 14.8 Å². The summed E-state index contributed by atoms with van der Waals surface area (Å²) in [6.07, 6.45) is 2.76. The Morgan fingerprint density at radius 2 is 1.78 bits per heavy atom. The predicted molar refractivity (Wildman–Crippen MR) is 83.6 cm³/mol. The van der Waals surface area contributed by atoms with Crippen LogP contribution in [0, 0.1) is 11.6 Å². The van der Waals surface area contributed by atoms with E-state index in [9.17, 15) is 13.6 Å². The number of hydrogen-bond donors (Lipinski definition) is 1. The van der Waals surface area contributed by atoms with Crippen LogP contribution in [0.1, 0.15) is 5.56 Å². The van der Waals surface area contributed by atoms with Crippen LogP contribution in [0.4, 0.5) is 14.5 Å². The van der Waals surface area contributed by atoms with Crippen molar-refractivity contribution in [2.45, 2.75) is 0 Å². The fourth-order valence-corrected chi connectivity index (χ4v) is 2.02. The number of rotatable bonds is 5. The van der Waals surface area contributed by atoms with Crippen LogP contribution < -0.4 is 14.8 Å². The molecule has 0 aliphatic heterocycles. The molecule has 0 aromatic heterocycles. The van der Waals surface area contributed by atoms with Crippen molar-refractivity contribution in [2.75, 3.05) is 19.5 Å². The van der Waals surface area contributed by atoms with Crippen LogP contribution >= 0.6 is 0 Å². The van der Waals surface area contributed by atoms with Gasteiger partial charge in [0.1, 0.15) is 11.6 Å². The van der Waals surface area contributed by atoms with Gasteiger partial charge in [0, 0.05) is 23.4 Å². The minimum absolute atomic E-state index is 0.0368. The highest BCUT2D eigenvalue weighted by molar-refractivity contribution is 6.02. The molecular formula is C17H15F2NO3. The SMILES string of the molecule is COc1cccc(/C=C/C(=O)Nc2cc(F)cc(F)c2)c1OC. The number of benzene rings is 2. The quantitative estimate of drug-likeness (QED) is 0.856. The van der Waals surface area contributed by atoms with Crippen molar-refractivity contribution in [3.63, 3.8) is 0 Å². The van der Waals surface area contributed by atoms with Crippen molar-refractivity contribution in [1.82, 2.24) is 0 Å². The van der Waals surface area contributed by atoms with Gasteiger partial charge in [0.05, 0.1) is 14.2 Å². The molecule has 0 aliphatic carbocycles. The topological polar surface area (TPSA) is 47.6 Å². The van der Waals surface area contributed by atoms with Crippen LogP contribution in [-0.2, 0) is 4.79 Å². The maximum atomic E-state index is 13.1. The molecule has 2 aromatic rings. The summed E-state index contributed by atoms with van der Waals surface area (Å²) in [5.74, 6) is -1.05. The van der Waals surface area contributed by atoms with E-state index >= 15 is 0 Å². The molecule has 2 aromatic carbocycles. The second-order valence-electron chi connectivity index (χ2n) is 4.56. The van der Waals surface area contributed by atoms with Crippen molar-refractivity contribution < 1.29 is 23.0 Å². The van der Waals surface area contributed by atoms with E-state index in [4.69, 9.17) is 9.47 Å². The lowest BCUT2D eigenvalue weighted by atomic mass is 10.1. The maximum absolute atomic E-state index is 13.1. The van der Waals surface area contributed by atoms with E-state index in [-0.39, 0.29) is 5.69 Å². The van der Waals surface area contributed by atoms with Gasteiger partial charge in [0.25, 0.3) is 0 Å². The number of ether oxygens (including phenoxy) is 2. The summed E-state index contributed by atoms with van der Waals surface area (Å²) in [4.78, 5) is 11.8. The van der Waals surface area contributed by atoms with E-state index in [1.54, 1.807) is 18.2 Å². The van der Waals surface area contributed by atoms with Gasteiger partial charge in [-0.1, -0.05) is 12.1 Å². The van der Waals surface area contributed by atoms with Crippen LogP contribution in [0.2, 0.25) is 0 Å². The molecule has 0 radical (unpaired) electrons. The Balaban J connectivity index is 2.15. The van der Waals surface area contributed by atoms with E-state index in [0.29, 0.717) is 17.1 Å². The molecule has 0 aliphatic rings. The minimum Gasteiger partial charge on any atom is -0.493 e. The summed E-state index contributed by atoms with van der Waals surface area (Å²) in [5, 5.41) is 2.38. The Labute approximate surface area is 132 Å². The number of para-hydroxylation sites is 1. The molecule has 0 heterocycles. The lowest BCUT2D eigenvalue weighted by Gasteiger charge is -2.09. The average Bonchev–Trinajstić information content (AvgIpc) is 2.51. The molecular weight excluding hydrogens is 304 g/mol. The second-order valence-corrected chi connectivity index (χ2v) is 4.56. The average molecular weight is 319 g/mol. The molecule has 4 nitrogen and oxygen atoms in total. The fraction of sp³-hybridized carbons (Fsp3) is 0.118. The highest BCUT2D eigenvalue weighted by atomic mass is 19.1. The summed E-state index contributed by atoms with van der Waals surface area (Å²) in [5.41, 5.74) is 0.669. The molecule has 1 amide bonds. The third-order valence-electron chi connectivity index (χ3n) is 2.98. The van der Waals surface area contributed by atoms with Gasteiger partial charge >= 0.3 is 0 Å². The number of nitrogens with one attached hydrogen (secondary N) is 1. The van der Waals surface area contributed by atoms with Crippen molar-refractivity contribution in [1.29, 1.82) is 0 Å². The van der Waals surface area contributed by atoms with E-state index in [0.717, 1.165) is 18.2 Å². The van der Waals surface area contributed by atoms with Gasteiger partial charge in [-0.2, -0.15) is 0 Å². The number of hydrogen-bond acceptors (Lipinski definition) is 3. The second kappa shape index (κ2) is 7.40. The zero-order valence-corrected chi connectivity index (χ0v) is 12.6. The molecule has 0 atom stereocenters. The summed E-state index contributed by atoms with van der Waals surface area (Å²) in [6, 6.07) is 8.01. The zero-order valence-electron chi connectivity index (χ0n) is 12.6. The van der Waals surface area contributed by atoms with Crippen molar-refractivity contribution in [2.24, 2.45) is 0 Å². The summed E-state index contributed by atoms with van der Waals surface area (Å²) < 4.78 is 36.5. The van der Waals surface area contributed by atoms with E-state index in [1.165, 1.54) is 26.4 Å². The first-order valence-corrected chi connectivity index (χ1v) is 6.69. The van der Waals surface area contributed by atoms with Crippen LogP contribution in [0.15, 0.2) is 42.5 Å². The van der Waals surface area contributed by atoms with E-state index in [2.05, 4.69) is 5.32 Å². The Morgan fingerprint density at radius 3 is 2.39 bits per heavy atom. The van der Waals surface area contributed by atoms with Crippen LogP contribution in [0.25, 0.3) is 6.08 Å². The van der Waals surface area contributed by atoms with Gasteiger partial charge in [-0.05, 0) is 24.3 Å². The molecule has 0 fully saturated rings. The lowest BCUT2D eigenvalue weighted by Crippen LogP contribution is -2.08. The van der Waals surface area contributed by atoms with Crippen molar-refractivity contribution in [3.05, 3.63) is 59.7 Å². The van der Waals surface area contributed by atoms with Gasteiger partial charge in [-0.15, -0.1) is 0 Å². The molecule has 23 heavy (non-hydrogen) atoms. The summed E-state index contributed by atoms with van der Waals surface area (Å²) >= 11 is 0. The Kier molecular flexibility index (Phi) is 5.30. The minimum atomic E-state index is -0.765. The highest BCUT2D eigenvalue weighted by Crippen LogP contribution is 2.31. The molecule has 0 saturated carbocycles. The summed E-state index contributed by atoms with van der Waals surface area (Å²) in [6.45, 7) is 0. The molecule has 0 spiro atoms. The normalized spacial score (nSPS) is 10.6. The number of carbonyl (C=O) groups is 1. The Morgan fingerprint density at radius 1 is 1.09 bits per heavy atom. The first-order valence-electron chi connectivity index (χ1n) is 6.69. The van der Waals surface area contributed by atoms with Crippen molar-refractivity contribution >= 4 is 17.7 Å². The summed E-state index contributed by atoms with van der Waals surface area (Å²) in [7, 11) is 3.00. The number of halogens is 2. The smallest absolute Gasteiger partial charge is 0.248 e. The van der Waals surface area contributed by atoms with Gasteiger partial charge in [-0.25, -0.2) is 8.78 Å². The number of anilines is 1. The largest absolute Gasteiger partial charge is 0.493 e. The molecule has 0 saturated heterocycles. The monoisotopic (exact) mass is 319 g/mol. The maximum Gasteiger partial charge on any atom is 0.248 e. The van der Waals surface area contributed by atoms with Crippen molar-refractivity contribution in [3.8, 4) is 11.5 Å². The van der Waals surface area contributed by atoms with Crippen LogP contribution in [0.5, 0.6) is 11.5 Å². The molecule has 2 rings (SSSR count). The third-order valence-corrected chi connectivity index (χ3v) is 2.98. The Hall–Kier alpha value is -2.89. The van der Waals surface area contributed by atoms with Gasteiger partial charge in [-0.3, -0.25) is 4.79 Å². The van der Waals surface area contributed by atoms with Gasteiger partial charge in [0.2, 0.25) is 5.91 Å². The van der Waals surface area contributed by atoms with Crippen LogP contribution in [-0.4, -0.2) is 20.1 Å². The van der Waals surface area contributed by atoms with E-state index < -0.39 is 17.5 Å². The number of methoxy groups -OCH3 is 2. The Bertz CT molecular complexity index is 724. The molecule has 0 bridgehead atoms. The third kappa shape index (κ3) is 4.29. The molecule has 1 N–H and O–H groups in total. The molecule has 0 unspecified atom stereocenters. The van der Waals surface area contributed by atoms with Crippen LogP contribution in [0.3, 0.4) is 0 Å². The van der Waals surface area contributed by atoms with Gasteiger partial charge in [0.15, 0.2) is 11.5 Å².